The van der Waals surface area contributed by atoms with Crippen LogP contribution in [0.5, 0.6) is 0 Å². The van der Waals surface area contributed by atoms with Crippen LogP contribution in [0.3, 0.4) is 0 Å². The summed E-state index contributed by atoms with van der Waals surface area (Å²) in [5, 5.41) is 11.9. The first kappa shape index (κ1) is 33.9. The summed E-state index contributed by atoms with van der Waals surface area (Å²) in [4.78, 5) is 24.3. The average Bonchev–Trinajstić information content (AvgIpc) is 3.20. The van der Waals surface area contributed by atoms with Gasteiger partial charge in [0.2, 0.25) is 0 Å². The Kier molecular flexibility index (Phi) is 10.9. The third-order valence-corrected chi connectivity index (χ3v) is 16.8. The molecule has 0 bridgehead atoms. The second-order valence-corrected chi connectivity index (χ2v) is 21.1. The third kappa shape index (κ3) is 7.45. The molecule has 0 saturated heterocycles. The van der Waals surface area contributed by atoms with Crippen LogP contribution in [0.1, 0.15) is 144 Å². The van der Waals surface area contributed by atoms with Gasteiger partial charge in [0.1, 0.15) is 11.9 Å². The van der Waals surface area contributed by atoms with Crippen molar-refractivity contribution in [2.75, 3.05) is 6.61 Å². The minimum absolute atomic E-state index is 0.00933. The molecule has 0 aromatic rings. The number of hydrogen-bond donors (Lipinski definition) is 1. The van der Waals surface area contributed by atoms with Crippen molar-refractivity contribution in [1.82, 2.24) is 0 Å². The molecule has 3 fully saturated rings. The molecule has 5 nitrogen and oxygen atoms in total. The van der Waals surface area contributed by atoms with E-state index in [2.05, 4.69) is 40.8 Å². The lowest BCUT2D eigenvalue weighted by atomic mass is 9.51. The molecular weight excluding hydrogens is 540 g/mol. The Bertz CT molecular complexity index is 995. The van der Waals surface area contributed by atoms with Crippen LogP contribution in [0, 0.1) is 23.2 Å². The van der Waals surface area contributed by atoms with Crippen molar-refractivity contribution in [3.05, 3.63) is 11.1 Å². The van der Waals surface area contributed by atoms with E-state index < -0.39 is 13.9 Å². The number of esters is 1. The predicted octanol–water partition coefficient (Wildman–Crippen LogP) is 9.08. The zero-order valence-corrected chi connectivity index (χ0v) is 29.1. The van der Waals surface area contributed by atoms with Gasteiger partial charge in [-0.15, -0.1) is 0 Å². The number of hydrogen-bond acceptors (Lipinski definition) is 5. The number of carbonyl (C=O) groups excluding carboxylic acids is 2. The van der Waals surface area contributed by atoms with Gasteiger partial charge in [0.25, 0.3) is 0 Å². The Morgan fingerprint density at radius 1 is 0.976 bits per heavy atom. The Labute approximate surface area is 258 Å². The molecule has 0 amide bonds. The van der Waals surface area contributed by atoms with Crippen molar-refractivity contribution >= 4 is 20.1 Å². The molecule has 240 valence electrons. The van der Waals surface area contributed by atoms with E-state index in [9.17, 15) is 14.7 Å². The van der Waals surface area contributed by atoms with Crippen molar-refractivity contribution in [3.63, 3.8) is 0 Å². The van der Waals surface area contributed by atoms with E-state index in [1.165, 1.54) is 62.5 Å². The molecule has 0 aliphatic heterocycles. The van der Waals surface area contributed by atoms with E-state index >= 15 is 0 Å². The molecule has 42 heavy (non-hydrogen) atoms. The molecule has 0 spiro atoms. The van der Waals surface area contributed by atoms with E-state index in [1.807, 2.05) is 0 Å². The Morgan fingerprint density at radius 3 is 2.26 bits per heavy atom. The fourth-order valence-corrected chi connectivity index (χ4v) is 10.1. The number of aliphatic hydroxyl groups is 1. The van der Waals surface area contributed by atoms with Gasteiger partial charge in [-0.05, 0) is 92.8 Å². The van der Waals surface area contributed by atoms with E-state index in [1.54, 1.807) is 6.92 Å². The second kappa shape index (κ2) is 13.6. The molecular formula is C36H62O5Si. The van der Waals surface area contributed by atoms with Crippen molar-refractivity contribution in [2.24, 2.45) is 23.2 Å². The van der Waals surface area contributed by atoms with Gasteiger partial charge in [0.15, 0.2) is 8.32 Å². The number of fused-ring (bicyclic) bond motifs is 4. The molecule has 6 atom stereocenters. The van der Waals surface area contributed by atoms with Crippen LogP contribution in [0.4, 0.5) is 0 Å². The van der Waals surface area contributed by atoms with Gasteiger partial charge < -0.3 is 14.3 Å². The topological polar surface area (TPSA) is 72.8 Å². The van der Waals surface area contributed by atoms with Crippen LogP contribution in [-0.2, 0) is 18.8 Å². The molecule has 6 heteroatoms. The van der Waals surface area contributed by atoms with Crippen molar-refractivity contribution in [1.29, 1.82) is 0 Å². The molecule has 1 N–H and O–H groups in total. The Morgan fingerprint density at radius 2 is 1.62 bits per heavy atom. The van der Waals surface area contributed by atoms with Crippen LogP contribution in [0.15, 0.2) is 11.1 Å². The largest absolute Gasteiger partial charge is 0.462 e. The van der Waals surface area contributed by atoms with Gasteiger partial charge in [-0.1, -0.05) is 78.2 Å². The highest BCUT2D eigenvalue weighted by Crippen LogP contribution is 2.64. The van der Waals surface area contributed by atoms with E-state index in [0.29, 0.717) is 37.0 Å². The number of ether oxygens (including phenoxy) is 1. The SMILES string of the molecule is CC(=O)O[C@H]1CC[C@H]2[C@@H]3CC[C@@]4(O)CC(=O)CCC4=C3[C@@H](CCCCCCCCCCO[Si](C)(C)C(C)(C)C)C[C@]12C. The maximum absolute atomic E-state index is 12.4. The lowest BCUT2D eigenvalue weighted by Crippen LogP contribution is -2.51. The fourth-order valence-electron chi connectivity index (χ4n) is 8.97. The lowest BCUT2D eigenvalue weighted by Gasteiger charge is -2.54. The highest BCUT2D eigenvalue weighted by molar-refractivity contribution is 6.74. The van der Waals surface area contributed by atoms with Crippen molar-refractivity contribution < 1.29 is 23.9 Å². The smallest absolute Gasteiger partial charge is 0.302 e. The zero-order valence-electron chi connectivity index (χ0n) is 28.1. The summed E-state index contributed by atoms with van der Waals surface area (Å²) in [7, 11) is -1.62. The van der Waals surface area contributed by atoms with Gasteiger partial charge in [-0.3, -0.25) is 9.59 Å². The minimum Gasteiger partial charge on any atom is -0.462 e. The quantitative estimate of drug-likeness (QED) is 0.0985. The summed E-state index contributed by atoms with van der Waals surface area (Å²) < 4.78 is 12.3. The third-order valence-electron chi connectivity index (χ3n) is 12.3. The summed E-state index contributed by atoms with van der Waals surface area (Å²) in [6, 6.07) is 0. The zero-order chi connectivity index (χ0) is 30.8. The summed E-state index contributed by atoms with van der Waals surface area (Å²) >= 11 is 0. The molecule has 4 rings (SSSR count). The Balaban J connectivity index is 1.29. The van der Waals surface area contributed by atoms with Crippen LogP contribution in [0.25, 0.3) is 0 Å². The maximum atomic E-state index is 12.4. The van der Waals surface area contributed by atoms with E-state index in [4.69, 9.17) is 9.16 Å². The van der Waals surface area contributed by atoms with Gasteiger partial charge in [0, 0.05) is 31.8 Å². The van der Waals surface area contributed by atoms with Gasteiger partial charge in [-0.25, -0.2) is 0 Å². The van der Waals surface area contributed by atoms with Crippen LogP contribution in [-0.4, -0.2) is 43.5 Å². The summed E-state index contributed by atoms with van der Waals surface area (Å²) in [5.74, 6) is 1.47. The molecule has 0 radical (unpaired) electrons. The first-order valence-electron chi connectivity index (χ1n) is 17.5. The van der Waals surface area contributed by atoms with Crippen LogP contribution in [0.2, 0.25) is 18.1 Å². The molecule has 0 aromatic heterocycles. The molecule has 4 aliphatic carbocycles. The second-order valence-electron chi connectivity index (χ2n) is 16.2. The number of ketones is 1. The lowest BCUT2D eigenvalue weighted by molar-refractivity contribution is -0.154. The standard InChI is InChI=1S/C36H62O5Si/c1-26(37)41-32-20-19-30-29-21-22-36(39)25-28(38)17-18-31(36)33(29)27(24-35(30,32)5)16-14-12-10-8-9-11-13-15-23-40-42(6,7)34(2,3)4/h27,29-30,32,39H,8-25H2,1-7H3/t27-,29-,30-,32-,35-,36+/m0/s1. The Hall–Kier alpha value is -0.983. The minimum atomic E-state index is -1.62. The molecule has 4 aliphatic rings. The number of unbranched alkanes of at least 4 members (excludes halogenated alkanes) is 7. The van der Waals surface area contributed by atoms with Crippen molar-refractivity contribution in [2.45, 2.75) is 174 Å². The molecule has 3 saturated carbocycles. The molecule has 0 aromatic carbocycles. The monoisotopic (exact) mass is 602 g/mol. The van der Waals surface area contributed by atoms with Crippen molar-refractivity contribution in [3.8, 4) is 0 Å². The summed E-state index contributed by atoms with van der Waals surface area (Å²) in [6.45, 7) is 16.5. The van der Waals surface area contributed by atoms with Gasteiger partial charge >= 0.3 is 5.97 Å². The maximum Gasteiger partial charge on any atom is 0.302 e. The summed E-state index contributed by atoms with van der Waals surface area (Å²) in [5.41, 5.74) is 1.87. The van der Waals surface area contributed by atoms with Crippen LogP contribution < -0.4 is 0 Å². The number of rotatable bonds is 13. The molecule has 0 unspecified atom stereocenters. The van der Waals surface area contributed by atoms with Gasteiger partial charge in [-0.2, -0.15) is 0 Å². The van der Waals surface area contributed by atoms with E-state index in [0.717, 1.165) is 45.1 Å². The first-order chi connectivity index (χ1) is 19.7. The highest BCUT2D eigenvalue weighted by Gasteiger charge is 2.59. The highest BCUT2D eigenvalue weighted by atomic mass is 28.4. The number of carbonyl (C=O) groups is 2. The normalized spacial score (nSPS) is 33.3. The average molecular weight is 603 g/mol. The molecule has 0 heterocycles. The number of allylic oxidation sites excluding steroid dienone is 1. The first-order valence-corrected chi connectivity index (χ1v) is 20.4. The predicted molar refractivity (Wildman–Crippen MR) is 173 cm³/mol. The van der Waals surface area contributed by atoms with Gasteiger partial charge in [0.05, 0.1) is 5.60 Å². The number of Topliss-reactive ketones (excluding diaryl/α,β-unsaturated/α-hetero) is 1. The summed E-state index contributed by atoms with van der Waals surface area (Å²) in [6.07, 6.45) is 17.7. The van der Waals surface area contributed by atoms with Crippen LogP contribution >= 0.6 is 0 Å². The fraction of sp³-hybridized carbons (Fsp3) is 0.889. The van der Waals surface area contributed by atoms with E-state index in [-0.39, 0.29) is 28.3 Å².